The van der Waals surface area contributed by atoms with Crippen LogP contribution in [0.4, 0.5) is 0 Å². The molecule has 1 fully saturated rings. The molecule has 3 rings (SSSR count). The van der Waals surface area contributed by atoms with Crippen molar-refractivity contribution in [2.45, 2.75) is 38.8 Å². The molecular weight excluding hydrogens is 236 g/mol. The predicted molar refractivity (Wildman–Crippen MR) is 63.8 cm³/mol. The molecule has 5 nitrogen and oxygen atoms in total. The van der Waals surface area contributed by atoms with Crippen LogP contribution in [-0.2, 0) is 13.0 Å². The second-order valence-corrected chi connectivity index (χ2v) is 5.26. The molecule has 0 aromatic carbocycles. The van der Waals surface area contributed by atoms with E-state index in [1.54, 1.807) is 11.3 Å². The summed E-state index contributed by atoms with van der Waals surface area (Å²) >= 11 is 1.63. The molecule has 1 aliphatic rings. The summed E-state index contributed by atoms with van der Waals surface area (Å²) in [5.74, 6) is 1.38. The number of nitrogens with zero attached hydrogens (tertiary/aromatic N) is 3. The first-order chi connectivity index (χ1) is 8.29. The highest BCUT2D eigenvalue weighted by atomic mass is 32.1. The molecular formula is C11H14N4OS. The second-order valence-electron chi connectivity index (χ2n) is 4.32. The molecule has 17 heavy (non-hydrogen) atoms. The molecule has 0 spiro atoms. The quantitative estimate of drug-likeness (QED) is 0.874. The van der Waals surface area contributed by atoms with Crippen molar-refractivity contribution in [3.8, 4) is 0 Å². The number of rotatable bonds is 5. The molecule has 1 aliphatic carbocycles. The zero-order valence-electron chi connectivity index (χ0n) is 9.64. The van der Waals surface area contributed by atoms with Gasteiger partial charge in [-0.2, -0.15) is 4.98 Å². The average molecular weight is 250 g/mol. The monoisotopic (exact) mass is 250 g/mol. The smallest absolute Gasteiger partial charge is 0.240 e. The van der Waals surface area contributed by atoms with E-state index in [1.165, 1.54) is 12.8 Å². The third-order valence-corrected chi connectivity index (χ3v) is 3.57. The molecule has 2 heterocycles. The van der Waals surface area contributed by atoms with Gasteiger partial charge in [0.25, 0.3) is 0 Å². The molecule has 0 unspecified atom stereocenters. The standard InChI is InChI=1S/C11H14N4OS/c1-7-6-17-11(13-7)4-9-14-10(16-15-9)5-12-8-2-3-8/h6,8,12H,2-5H2,1H3. The molecule has 0 amide bonds. The van der Waals surface area contributed by atoms with Crippen LogP contribution in [0.15, 0.2) is 9.90 Å². The van der Waals surface area contributed by atoms with Gasteiger partial charge >= 0.3 is 0 Å². The van der Waals surface area contributed by atoms with Gasteiger partial charge in [-0.25, -0.2) is 4.98 Å². The predicted octanol–water partition coefficient (Wildman–Crippen LogP) is 1.68. The minimum atomic E-state index is 0.658. The highest BCUT2D eigenvalue weighted by Crippen LogP contribution is 2.19. The van der Waals surface area contributed by atoms with E-state index in [2.05, 4.69) is 20.4 Å². The zero-order valence-corrected chi connectivity index (χ0v) is 10.5. The summed E-state index contributed by atoms with van der Waals surface area (Å²) in [7, 11) is 0. The lowest BCUT2D eigenvalue weighted by Gasteiger charge is -1.94. The molecule has 0 atom stereocenters. The lowest BCUT2D eigenvalue weighted by atomic mass is 10.4. The van der Waals surface area contributed by atoms with Gasteiger partial charge < -0.3 is 9.84 Å². The fourth-order valence-electron chi connectivity index (χ4n) is 1.57. The Kier molecular flexibility index (Phi) is 2.90. The van der Waals surface area contributed by atoms with Crippen molar-refractivity contribution in [3.63, 3.8) is 0 Å². The van der Waals surface area contributed by atoms with Gasteiger partial charge in [-0.05, 0) is 19.8 Å². The van der Waals surface area contributed by atoms with Crippen LogP contribution < -0.4 is 5.32 Å². The van der Waals surface area contributed by atoms with Gasteiger partial charge in [-0.1, -0.05) is 5.16 Å². The van der Waals surface area contributed by atoms with E-state index in [0.29, 0.717) is 30.7 Å². The fraction of sp³-hybridized carbons (Fsp3) is 0.545. The normalized spacial score (nSPS) is 15.4. The Morgan fingerprint density at radius 2 is 2.35 bits per heavy atom. The van der Waals surface area contributed by atoms with E-state index in [9.17, 15) is 0 Å². The fourth-order valence-corrected chi connectivity index (χ4v) is 2.34. The second kappa shape index (κ2) is 4.54. The van der Waals surface area contributed by atoms with Gasteiger partial charge in [-0.3, -0.25) is 0 Å². The lowest BCUT2D eigenvalue weighted by molar-refractivity contribution is 0.363. The van der Waals surface area contributed by atoms with Crippen molar-refractivity contribution in [1.29, 1.82) is 0 Å². The highest BCUT2D eigenvalue weighted by Gasteiger charge is 2.21. The zero-order chi connectivity index (χ0) is 11.7. The van der Waals surface area contributed by atoms with Crippen molar-refractivity contribution in [2.75, 3.05) is 0 Å². The Hall–Kier alpha value is -1.27. The van der Waals surface area contributed by atoms with Gasteiger partial charge in [0, 0.05) is 17.1 Å². The first-order valence-electron chi connectivity index (χ1n) is 5.75. The first kappa shape index (κ1) is 10.9. The Morgan fingerprint density at radius 1 is 1.47 bits per heavy atom. The van der Waals surface area contributed by atoms with E-state index in [-0.39, 0.29) is 0 Å². The molecule has 1 saturated carbocycles. The molecule has 90 valence electrons. The van der Waals surface area contributed by atoms with E-state index >= 15 is 0 Å². The lowest BCUT2D eigenvalue weighted by Crippen LogP contribution is -2.15. The summed E-state index contributed by atoms with van der Waals surface area (Å²) in [4.78, 5) is 8.72. The Morgan fingerprint density at radius 3 is 3.06 bits per heavy atom. The number of aryl methyl sites for hydroxylation is 1. The summed E-state index contributed by atoms with van der Waals surface area (Å²) in [5, 5.41) is 10.4. The van der Waals surface area contributed by atoms with Crippen LogP contribution in [0.25, 0.3) is 0 Å². The number of nitrogens with one attached hydrogen (secondary N) is 1. The van der Waals surface area contributed by atoms with Crippen LogP contribution in [0.1, 0.15) is 35.3 Å². The summed E-state index contributed by atoms with van der Waals surface area (Å²) in [6.45, 7) is 2.66. The van der Waals surface area contributed by atoms with Crippen molar-refractivity contribution < 1.29 is 4.52 Å². The van der Waals surface area contributed by atoms with Gasteiger partial charge in [0.15, 0.2) is 5.82 Å². The third kappa shape index (κ3) is 2.89. The maximum atomic E-state index is 5.18. The van der Waals surface area contributed by atoms with Crippen LogP contribution >= 0.6 is 11.3 Å². The van der Waals surface area contributed by atoms with Gasteiger partial charge in [0.1, 0.15) is 5.01 Å². The number of thiazole rings is 1. The molecule has 0 bridgehead atoms. The summed E-state index contributed by atoms with van der Waals surface area (Å²) in [5.41, 5.74) is 1.05. The van der Waals surface area contributed by atoms with Crippen LogP contribution in [0, 0.1) is 6.92 Å². The SMILES string of the molecule is Cc1csc(Cc2noc(CNC3CC3)n2)n1. The van der Waals surface area contributed by atoms with Crippen molar-refractivity contribution in [2.24, 2.45) is 0 Å². The van der Waals surface area contributed by atoms with Crippen molar-refractivity contribution in [1.82, 2.24) is 20.4 Å². The Balaban J connectivity index is 1.59. The molecule has 0 saturated heterocycles. The summed E-state index contributed by atoms with van der Waals surface area (Å²) < 4.78 is 5.18. The van der Waals surface area contributed by atoms with E-state index < -0.39 is 0 Å². The van der Waals surface area contributed by atoms with Crippen LogP contribution in [0.3, 0.4) is 0 Å². The largest absolute Gasteiger partial charge is 0.338 e. The molecule has 2 aromatic rings. The summed E-state index contributed by atoms with van der Waals surface area (Å²) in [6.07, 6.45) is 3.18. The van der Waals surface area contributed by atoms with Crippen LogP contribution in [-0.4, -0.2) is 21.2 Å². The first-order valence-corrected chi connectivity index (χ1v) is 6.63. The van der Waals surface area contributed by atoms with Gasteiger partial charge in [0.2, 0.25) is 5.89 Å². The molecule has 0 radical (unpaired) electrons. The number of hydrogen-bond donors (Lipinski definition) is 1. The number of hydrogen-bond acceptors (Lipinski definition) is 6. The van der Waals surface area contributed by atoms with E-state index in [4.69, 9.17) is 4.52 Å². The molecule has 0 aliphatic heterocycles. The molecule has 2 aromatic heterocycles. The van der Waals surface area contributed by atoms with Gasteiger partial charge in [0.05, 0.1) is 13.0 Å². The third-order valence-electron chi connectivity index (χ3n) is 2.61. The van der Waals surface area contributed by atoms with Gasteiger partial charge in [-0.15, -0.1) is 11.3 Å². The molecule has 6 heteroatoms. The Bertz CT molecular complexity index is 503. The maximum absolute atomic E-state index is 5.18. The van der Waals surface area contributed by atoms with Crippen LogP contribution in [0.5, 0.6) is 0 Å². The minimum Gasteiger partial charge on any atom is -0.338 e. The topological polar surface area (TPSA) is 63.8 Å². The van der Waals surface area contributed by atoms with Crippen molar-refractivity contribution in [3.05, 3.63) is 27.8 Å². The van der Waals surface area contributed by atoms with E-state index in [0.717, 1.165) is 10.7 Å². The molecule has 1 N–H and O–H groups in total. The Labute approximate surface area is 103 Å². The maximum Gasteiger partial charge on any atom is 0.240 e. The van der Waals surface area contributed by atoms with Crippen molar-refractivity contribution >= 4 is 11.3 Å². The number of aromatic nitrogens is 3. The van der Waals surface area contributed by atoms with Crippen LogP contribution in [0.2, 0.25) is 0 Å². The average Bonchev–Trinajstić information content (AvgIpc) is 2.90. The minimum absolute atomic E-state index is 0.658. The van der Waals surface area contributed by atoms with E-state index in [1.807, 2.05) is 12.3 Å². The summed E-state index contributed by atoms with van der Waals surface area (Å²) in [6, 6.07) is 0.659. The highest BCUT2D eigenvalue weighted by molar-refractivity contribution is 7.09.